The molecule has 9 rings (SSSR count). The molecule has 0 saturated heterocycles. The minimum atomic E-state index is 0.531. The summed E-state index contributed by atoms with van der Waals surface area (Å²) < 4.78 is 0. The highest BCUT2D eigenvalue weighted by atomic mass is 15.0. The van der Waals surface area contributed by atoms with Gasteiger partial charge in [-0.1, -0.05) is 158 Å². The van der Waals surface area contributed by atoms with Crippen LogP contribution in [-0.2, 0) is 0 Å². The summed E-state index contributed by atoms with van der Waals surface area (Å²) in [6, 6.07) is 64.4. The lowest BCUT2D eigenvalue weighted by atomic mass is 9.92. The van der Waals surface area contributed by atoms with Gasteiger partial charge in [-0.15, -0.1) is 0 Å². The van der Waals surface area contributed by atoms with E-state index >= 15 is 0 Å². The average Bonchev–Trinajstić information content (AvgIpc) is 3.30. The van der Waals surface area contributed by atoms with Crippen molar-refractivity contribution in [2.75, 3.05) is 0 Å². The Morgan fingerprint density at radius 2 is 0.554 bits per heavy atom. The molecule has 9 aromatic rings. The van der Waals surface area contributed by atoms with Crippen molar-refractivity contribution in [1.82, 2.24) is 29.9 Å². The van der Waals surface area contributed by atoms with Crippen molar-refractivity contribution < 1.29 is 0 Å². The molecule has 0 bridgehead atoms. The maximum atomic E-state index is 9.37. The van der Waals surface area contributed by atoms with Crippen molar-refractivity contribution in [3.05, 3.63) is 194 Å². The Morgan fingerprint density at radius 1 is 0.268 bits per heavy atom. The van der Waals surface area contributed by atoms with E-state index in [0.29, 0.717) is 40.5 Å². The van der Waals surface area contributed by atoms with E-state index in [-0.39, 0.29) is 0 Å². The number of nitriles is 1. The van der Waals surface area contributed by atoms with Gasteiger partial charge in [0, 0.05) is 33.4 Å². The van der Waals surface area contributed by atoms with Gasteiger partial charge in [-0.3, -0.25) is 0 Å². The van der Waals surface area contributed by atoms with Gasteiger partial charge in [-0.25, -0.2) is 29.9 Å². The minimum Gasteiger partial charge on any atom is -0.208 e. The van der Waals surface area contributed by atoms with Gasteiger partial charge in [0.25, 0.3) is 0 Å². The summed E-state index contributed by atoms with van der Waals surface area (Å²) in [6.45, 7) is 0. The first-order valence-electron chi connectivity index (χ1n) is 18.2. The summed E-state index contributed by atoms with van der Waals surface area (Å²) in [5.41, 5.74) is 10.1. The molecule has 0 aliphatic rings. The lowest BCUT2D eigenvalue weighted by molar-refractivity contribution is 1.07. The van der Waals surface area contributed by atoms with Gasteiger partial charge in [0.15, 0.2) is 34.9 Å². The molecule has 0 unspecified atom stereocenters. The van der Waals surface area contributed by atoms with E-state index in [2.05, 4.69) is 60.7 Å². The van der Waals surface area contributed by atoms with Crippen LogP contribution >= 0.6 is 0 Å². The van der Waals surface area contributed by atoms with Crippen LogP contribution in [0.3, 0.4) is 0 Å². The lowest BCUT2D eigenvalue weighted by Gasteiger charge is -2.14. The van der Waals surface area contributed by atoms with Crippen molar-refractivity contribution in [3.8, 4) is 96.7 Å². The zero-order valence-corrected chi connectivity index (χ0v) is 30.0. The predicted molar refractivity (Wildman–Crippen MR) is 221 cm³/mol. The first-order chi connectivity index (χ1) is 27.7. The van der Waals surface area contributed by atoms with Crippen LogP contribution in [0.4, 0.5) is 0 Å². The third-order valence-corrected chi connectivity index (χ3v) is 9.46. The monoisotopic (exact) mass is 717 g/mol. The SMILES string of the molecule is N#Cc1ccc(-c2nc(-c3ccccc3)nc(-c3ccc(-c4ccc(-c5nc(-c6ccccc6)nc(-c6ccccc6)n5)cc4)c(-c4ccccc4)c3)n2)cc1. The molecular weight excluding hydrogens is 687 g/mol. The largest absolute Gasteiger partial charge is 0.208 e. The number of aromatic nitrogens is 6. The second kappa shape index (κ2) is 15.2. The number of rotatable bonds is 8. The Labute approximate surface area is 324 Å². The predicted octanol–water partition coefficient (Wildman–Crippen LogP) is 11.3. The molecular formula is C49H31N7. The molecule has 2 aromatic heterocycles. The number of benzene rings is 7. The van der Waals surface area contributed by atoms with Crippen molar-refractivity contribution in [2.24, 2.45) is 0 Å². The topological polar surface area (TPSA) is 101 Å². The summed E-state index contributed by atoms with van der Waals surface area (Å²) in [5, 5.41) is 9.37. The molecule has 7 nitrogen and oxygen atoms in total. The van der Waals surface area contributed by atoms with Gasteiger partial charge in [-0.05, 0) is 52.6 Å². The molecule has 0 radical (unpaired) electrons. The van der Waals surface area contributed by atoms with E-state index in [1.807, 2.05) is 121 Å². The van der Waals surface area contributed by atoms with Crippen LogP contribution in [0, 0.1) is 11.3 Å². The number of nitrogens with zero attached hydrogens (tertiary/aromatic N) is 7. The average molecular weight is 718 g/mol. The van der Waals surface area contributed by atoms with Crippen LogP contribution in [0.5, 0.6) is 0 Å². The molecule has 262 valence electrons. The standard InChI is InChI=1S/C49H31N7/c50-32-33-21-23-39(24-22-33)47-54-46(38-19-11-4-12-20-38)55-49(56-47)41-29-30-42(43(31-41)34-13-5-1-6-14-34)35-25-27-40(28-26-35)48-52-44(36-15-7-2-8-16-36)51-45(53-48)37-17-9-3-10-18-37/h1-31H. The van der Waals surface area contributed by atoms with Crippen molar-refractivity contribution in [3.63, 3.8) is 0 Å². The van der Waals surface area contributed by atoms with Gasteiger partial charge < -0.3 is 0 Å². The first-order valence-corrected chi connectivity index (χ1v) is 18.2. The summed E-state index contributed by atoms with van der Waals surface area (Å²) in [6.07, 6.45) is 0. The fourth-order valence-electron chi connectivity index (χ4n) is 6.57. The zero-order chi connectivity index (χ0) is 37.7. The molecule has 56 heavy (non-hydrogen) atoms. The fourth-order valence-corrected chi connectivity index (χ4v) is 6.57. The molecule has 0 fully saturated rings. The Hall–Kier alpha value is -7.95. The molecule has 0 aliphatic heterocycles. The summed E-state index contributed by atoms with van der Waals surface area (Å²) in [7, 11) is 0. The van der Waals surface area contributed by atoms with Crippen molar-refractivity contribution in [2.45, 2.75) is 0 Å². The highest BCUT2D eigenvalue weighted by molar-refractivity contribution is 5.87. The number of hydrogen-bond donors (Lipinski definition) is 0. The molecule has 0 spiro atoms. The van der Waals surface area contributed by atoms with E-state index in [0.717, 1.165) is 55.6 Å². The number of hydrogen-bond acceptors (Lipinski definition) is 7. The summed E-state index contributed by atoms with van der Waals surface area (Å²) >= 11 is 0. The van der Waals surface area contributed by atoms with Crippen LogP contribution in [0.2, 0.25) is 0 Å². The van der Waals surface area contributed by atoms with Crippen LogP contribution < -0.4 is 0 Å². The van der Waals surface area contributed by atoms with E-state index in [1.54, 1.807) is 12.1 Å². The lowest BCUT2D eigenvalue weighted by Crippen LogP contribution is -2.01. The highest BCUT2D eigenvalue weighted by Crippen LogP contribution is 2.37. The molecule has 0 amide bonds. The van der Waals surface area contributed by atoms with Crippen LogP contribution in [0.25, 0.3) is 90.6 Å². The van der Waals surface area contributed by atoms with Gasteiger partial charge in [-0.2, -0.15) is 5.26 Å². The maximum absolute atomic E-state index is 9.37. The maximum Gasteiger partial charge on any atom is 0.164 e. The van der Waals surface area contributed by atoms with E-state index < -0.39 is 0 Å². The third-order valence-electron chi connectivity index (χ3n) is 9.46. The van der Waals surface area contributed by atoms with E-state index in [4.69, 9.17) is 29.9 Å². The van der Waals surface area contributed by atoms with Crippen molar-refractivity contribution >= 4 is 0 Å². The summed E-state index contributed by atoms with van der Waals surface area (Å²) in [5.74, 6) is 3.50. The minimum absolute atomic E-state index is 0.531. The summed E-state index contributed by atoms with van der Waals surface area (Å²) in [4.78, 5) is 29.5. The second-order valence-electron chi connectivity index (χ2n) is 13.1. The Morgan fingerprint density at radius 3 is 0.946 bits per heavy atom. The fraction of sp³-hybridized carbons (Fsp3) is 0. The third kappa shape index (κ3) is 7.06. The molecule has 0 atom stereocenters. The smallest absolute Gasteiger partial charge is 0.164 e. The Bertz CT molecular complexity index is 2760. The Balaban J connectivity index is 1.13. The zero-order valence-electron chi connectivity index (χ0n) is 30.0. The van der Waals surface area contributed by atoms with Crippen LogP contribution in [0.15, 0.2) is 188 Å². The molecule has 0 N–H and O–H groups in total. The van der Waals surface area contributed by atoms with E-state index in [1.165, 1.54) is 0 Å². The van der Waals surface area contributed by atoms with Crippen molar-refractivity contribution in [1.29, 1.82) is 5.26 Å². The highest BCUT2D eigenvalue weighted by Gasteiger charge is 2.17. The quantitative estimate of drug-likeness (QED) is 0.154. The van der Waals surface area contributed by atoms with Gasteiger partial charge in [0.1, 0.15) is 0 Å². The normalized spacial score (nSPS) is 10.8. The molecule has 0 aliphatic carbocycles. The molecule has 7 heteroatoms. The van der Waals surface area contributed by atoms with Gasteiger partial charge >= 0.3 is 0 Å². The van der Waals surface area contributed by atoms with Gasteiger partial charge in [0.2, 0.25) is 0 Å². The Kier molecular flexibility index (Phi) is 9.18. The first kappa shape index (κ1) is 33.9. The molecule has 2 heterocycles. The molecule has 0 saturated carbocycles. The van der Waals surface area contributed by atoms with Crippen LogP contribution in [0.1, 0.15) is 5.56 Å². The van der Waals surface area contributed by atoms with Crippen LogP contribution in [-0.4, -0.2) is 29.9 Å². The second-order valence-corrected chi connectivity index (χ2v) is 13.1. The van der Waals surface area contributed by atoms with Gasteiger partial charge in [0.05, 0.1) is 11.6 Å². The molecule has 7 aromatic carbocycles. The van der Waals surface area contributed by atoms with E-state index in [9.17, 15) is 5.26 Å².